The van der Waals surface area contributed by atoms with Gasteiger partial charge in [0.2, 0.25) is 0 Å². The van der Waals surface area contributed by atoms with Crippen LogP contribution >= 0.6 is 0 Å². The maximum absolute atomic E-state index is 12.3. The third-order valence-electron chi connectivity index (χ3n) is 4.30. The van der Waals surface area contributed by atoms with Gasteiger partial charge in [-0.3, -0.25) is 4.79 Å². The van der Waals surface area contributed by atoms with Crippen LogP contribution in [-0.2, 0) is 4.74 Å². The van der Waals surface area contributed by atoms with E-state index in [1.165, 1.54) is 12.3 Å². The van der Waals surface area contributed by atoms with Gasteiger partial charge in [0.05, 0.1) is 5.56 Å². The molecule has 0 aromatic carbocycles. The number of carbonyl (C=O) groups is 2. The summed E-state index contributed by atoms with van der Waals surface area (Å²) in [7, 11) is 0. The number of rotatable bonds is 3. The average molecular weight is 358 g/mol. The summed E-state index contributed by atoms with van der Waals surface area (Å²) >= 11 is 0. The summed E-state index contributed by atoms with van der Waals surface area (Å²) in [5.74, 6) is -0.130. The normalized spacial score (nSPS) is 18.6. The van der Waals surface area contributed by atoms with Crippen molar-refractivity contribution in [2.45, 2.75) is 52.2 Å². The molecule has 1 aliphatic heterocycles. The van der Waals surface area contributed by atoms with Gasteiger partial charge in [-0.25, -0.2) is 9.78 Å². The number of hydrogen-bond acceptors (Lipinski definition) is 5. The fourth-order valence-electron chi connectivity index (χ4n) is 2.90. The van der Waals surface area contributed by atoms with Gasteiger partial charge in [0, 0.05) is 25.3 Å². The van der Waals surface area contributed by atoms with Crippen LogP contribution in [0.3, 0.4) is 0 Å². The maximum atomic E-state index is 12.3. The Bertz CT molecular complexity index is 688. The third kappa shape index (κ3) is 5.45. The summed E-state index contributed by atoms with van der Waals surface area (Å²) in [5.41, 5.74) is 0.163. The number of nitrogens with zero attached hydrogens (tertiary/aromatic N) is 3. The van der Waals surface area contributed by atoms with Gasteiger partial charge in [0.1, 0.15) is 17.4 Å². The van der Waals surface area contributed by atoms with Crippen LogP contribution in [0.1, 0.15) is 56.6 Å². The molecular weight excluding hydrogens is 332 g/mol. The molecule has 0 spiro atoms. The molecule has 7 heteroatoms. The number of aromatic nitrogens is 1. The number of hydrogen-bond donors (Lipinski definition) is 1. The minimum Gasteiger partial charge on any atom is -0.444 e. The largest absolute Gasteiger partial charge is 0.444 e. The fourth-order valence-corrected chi connectivity index (χ4v) is 2.90. The van der Waals surface area contributed by atoms with E-state index in [4.69, 9.17) is 10.00 Å². The third-order valence-corrected chi connectivity index (χ3v) is 4.30. The number of amides is 2. The first-order chi connectivity index (χ1) is 12.2. The first kappa shape index (κ1) is 19.7. The predicted molar refractivity (Wildman–Crippen MR) is 96.4 cm³/mol. The number of likely N-dealkylation sites (tertiary alicyclic amines) is 1. The van der Waals surface area contributed by atoms with E-state index in [1.54, 1.807) is 11.0 Å². The number of pyridine rings is 1. The standard InChI is InChI=1S/C19H26N4O3/c1-13(22-17(24)16-8-7-14(10-20)11-21-16)15-6-5-9-23(12-15)18(25)26-19(2,3)4/h7-8,11,13,15H,5-6,9,12H2,1-4H3,(H,22,24)/t13-,15-/m0/s1. The summed E-state index contributed by atoms with van der Waals surface area (Å²) in [6.07, 6.45) is 2.88. The lowest BCUT2D eigenvalue weighted by Crippen LogP contribution is -2.49. The molecule has 1 aromatic rings. The molecule has 2 amide bonds. The average Bonchev–Trinajstić information content (AvgIpc) is 2.60. The van der Waals surface area contributed by atoms with Gasteiger partial charge in [0.25, 0.3) is 5.91 Å². The number of nitriles is 1. The Hall–Kier alpha value is -2.62. The molecule has 0 unspecified atom stereocenters. The summed E-state index contributed by atoms with van der Waals surface area (Å²) in [5, 5.41) is 11.7. The minimum absolute atomic E-state index is 0.106. The zero-order valence-electron chi connectivity index (χ0n) is 15.8. The molecule has 1 N–H and O–H groups in total. The first-order valence-electron chi connectivity index (χ1n) is 8.84. The van der Waals surface area contributed by atoms with Gasteiger partial charge in [-0.2, -0.15) is 5.26 Å². The van der Waals surface area contributed by atoms with Crippen molar-refractivity contribution in [1.82, 2.24) is 15.2 Å². The van der Waals surface area contributed by atoms with Crippen molar-refractivity contribution in [3.63, 3.8) is 0 Å². The highest BCUT2D eigenvalue weighted by Crippen LogP contribution is 2.22. The Balaban J connectivity index is 1.93. The second kappa shape index (κ2) is 8.17. The molecule has 2 atom stereocenters. The van der Waals surface area contributed by atoms with Crippen molar-refractivity contribution in [2.24, 2.45) is 5.92 Å². The second-order valence-corrected chi connectivity index (χ2v) is 7.63. The lowest BCUT2D eigenvalue weighted by molar-refractivity contribution is 0.0150. The highest BCUT2D eigenvalue weighted by Gasteiger charge is 2.30. The second-order valence-electron chi connectivity index (χ2n) is 7.63. The number of nitrogens with one attached hydrogen (secondary N) is 1. The number of ether oxygens (including phenoxy) is 1. The molecule has 7 nitrogen and oxygen atoms in total. The van der Waals surface area contributed by atoms with Crippen LogP contribution in [0.15, 0.2) is 18.3 Å². The van der Waals surface area contributed by atoms with Crippen molar-refractivity contribution < 1.29 is 14.3 Å². The number of piperidine rings is 1. The summed E-state index contributed by atoms with van der Waals surface area (Å²) in [4.78, 5) is 30.3. The van der Waals surface area contributed by atoms with Crippen LogP contribution in [0.2, 0.25) is 0 Å². The van der Waals surface area contributed by atoms with E-state index in [2.05, 4.69) is 10.3 Å². The SMILES string of the molecule is C[C@H](NC(=O)c1ccc(C#N)cn1)[C@H]1CCCN(C(=O)OC(C)(C)C)C1. The van der Waals surface area contributed by atoms with Crippen molar-refractivity contribution in [1.29, 1.82) is 5.26 Å². The van der Waals surface area contributed by atoms with Crippen LogP contribution in [0.25, 0.3) is 0 Å². The Labute approximate surface area is 154 Å². The van der Waals surface area contributed by atoms with E-state index in [-0.39, 0.29) is 29.7 Å². The molecule has 26 heavy (non-hydrogen) atoms. The summed E-state index contributed by atoms with van der Waals surface area (Å²) in [6, 6.07) is 4.97. The molecule has 1 fully saturated rings. The molecular formula is C19H26N4O3. The topological polar surface area (TPSA) is 95.3 Å². The minimum atomic E-state index is -0.523. The Morgan fingerprint density at radius 3 is 2.73 bits per heavy atom. The molecule has 1 aliphatic rings. The summed E-state index contributed by atoms with van der Waals surface area (Å²) in [6.45, 7) is 8.70. The van der Waals surface area contributed by atoms with Crippen molar-refractivity contribution in [3.8, 4) is 6.07 Å². The van der Waals surface area contributed by atoms with Gasteiger partial charge in [-0.1, -0.05) is 0 Å². The van der Waals surface area contributed by atoms with E-state index in [9.17, 15) is 9.59 Å². The maximum Gasteiger partial charge on any atom is 0.410 e. The quantitative estimate of drug-likeness (QED) is 0.896. The molecule has 2 heterocycles. The van der Waals surface area contributed by atoms with Crippen molar-refractivity contribution in [3.05, 3.63) is 29.6 Å². The monoisotopic (exact) mass is 358 g/mol. The summed E-state index contributed by atoms with van der Waals surface area (Å²) < 4.78 is 5.44. The molecule has 1 aromatic heterocycles. The van der Waals surface area contributed by atoms with E-state index >= 15 is 0 Å². The van der Waals surface area contributed by atoms with E-state index in [0.29, 0.717) is 18.7 Å². The Morgan fingerprint density at radius 2 is 2.15 bits per heavy atom. The van der Waals surface area contributed by atoms with Crippen LogP contribution in [0, 0.1) is 17.2 Å². The molecule has 0 aliphatic carbocycles. The van der Waals surface area contributed by atoms with Crippen LogP contribution in [0.5, 0.6) is 0 Å². The molecule has 2 rings (SSSR count). The smallest absolute Gasteiger partial charge is 0.410 e. The molecule has 1 saturated heterocycles. The van der Waals surface area contributed by atoms with Gasteiger partial charge >= 0.3 is 6.09 Å². The van der Waals surface area contributed by atoms with Crippen LogP contribution in [-0.4, -0.2) is 46.6 Å². The van der Waals surface area contributed by atoms with E-state index in [0.717, 1.165) is 12.8 Å². The molecule has 0 bridgehead atoms. The molecule has 0 saturated carbocycles. The zero-order chi connectivity index (χ0) is 19.3. The fraction of sp³-hybridized carbons (Fsp3) is 0.579. The molecule has 140 valence electrons. The van der Waals surface area contributed by atoms with Crippen LogP contribution < -0.4 is 5.32 Å². The highest BCUT2D eigenvalue weighted by atomic mass is 16.6. The Kier molecular flexibility index (Phi) is 6.19. The van der Waals surface area contributed by atoms with E-state index in [1.807, 2.05) is 33.8 Å². The van der Waals surface area contributed by atoms with Crippen molar-refractivity contribution in [2.75, 3.05) is 13.1 Å². The van der Waals surface area contributed by atoms with Gasteiger partial charge in [-0.15, -0.1) is 0 Å². The van der Waals surface area contributed by atoms with Gasteiger partial charge in [0.15, 0.2) is 0 Å². The van der Waals surface area contributed by atoms with Gasteiger partial charge in [-0.05, 0) is 58.6 Å². The highest BCUT2D eigenvalue weighted by molar-refractivity contribution is 5.92. The zero-order valence-corrected chi connectivity index (χ0v) is 15.8. The van der Waals surface area contributed by atoms with Gasteiger partial charge < -0.3 is 15.0 Å². The van der Waals surface area contributed by atoms with Crippen LogP contribution in [0.4, 0.5) is 4.79 Å². The Morgan fingerprint density at radius 1 is 1.42 bits per heavy atom. The van der Waals surface area contributed by atoms with E-state index < -0.39 is 5.60 Å². The predicted octanol–water partition coefficient (Wildman–Crippen LogP) is 2.72. The molecule has 0 radical (unpaired) electrons. The first-order valence-corrected chi connectivity index (χ1v) is 8.84. The number of carbonyl (C=O) groups excluding carboxylic acids is 2. The lowest BCUT2D eigenvalue weighted by atomic mass is 9.91. The van der Waals surface area contributed by atoms with Crippen molar-refractivity contribution >= 4 is 12.0 Å². The lowest BCUT2D eigenvalue weighted by Gasteiger charge is -2.36.